The first kappa shape index (κ1) is 29.8. The maximum absolute atomic E-state index is 11.5. The molecule has 0 aromatic rings. The summed E-state index contributed by atoms with van der Waals surface area (Å²) >= 11 is 0. The quantitative estimate of drug-likeness (QED) is 0.336. The van der Waals surface area contributed by atoms with Gasteiger partial charge >= 0.3 is 31.1 Å². The van der Waals surface area contributed by atoms with Crippen LogP contribution in [0, 0.1) is 0 Å². The van der Waals surface area contributed by atoms with Crippen LogP contribution in [-0.2, 0) is 20.0 Å². The van der Waals surface area contributed by atoms with Crippen LogP contribution in [0.25, 0.3) is 0 Å². The van der Waals surface area contributed by atoms with E-state index in [1.165, 1.54) is 57.9 Å². The third-order valence-corrected chi connectivity index (χ3v) is 7.04. The Balaban J connectivity index is 0.000000582. The Morgan fingerprint density at radius 3 is 1.55 bits per heavy atom. The van der Waals surface area contributed by atoms with Crippen LogP contribution in [0.4, 0.5) is 26.3 Å². The Morgan fingerprint density at radius 2 is 1.19 bits per heavy atom. The number of hydrogen-bond acceptors (Lipinski definition) is 6. The molecule has 1 N–H and O–H groups in total. The van der Waals surface area contributed by atoms with Crippen molar-refractivity contribution in [1.82, 2.24) is 13.9 Å². The monoisotopic (exact) mass is 505 g/mol. The van der Waals surface area contributed by atoms with Gasteiger partial charge in [0.15, 0.2) is 0 Å². The number of halogens is 6. The average molecular weight is 506 g/mol. The largest absolute Gasteiger partial charge is 0.512 e. The first-order chi connectivity index (χ1) is 14.0. The van der Waals surface area contributed by atoms with Crippen LogP contribution in [0.5, 0.6) is 0 Å². The highest BCUT2D eigenvalue weighted by molar-refractivity contribution is 8.05. The molecule has 0 aliphatic carbocycles. The Morgan fingerprint density at radius 1 is 0.774 bits per heavy atom. The summed E-state index contributed by atoms with van der Waals surface area (Å²) in [5.41, 5.74) is -12.3. The highest BCUT2D eigenvalue weighted by atomic mass is 32.3. The maximum atomic E-state index is 11.5. The van der Waals surface area contributed by atoms with Gasteiger partial charge in [-0.1, -0.05) is 56.0 Å². The zero-order valence-electron chi connectivity index (χ0n) is 17.3. The summed E-state index contributed by atoms with van der Waals surface area (Å²) in [6.07, 6.45) is 15.7. The molecule has 0 bridgehead atoms. The van der Waals surface area contributed by atoms with Crippen molar-refractivity contribution in [3.63, 3.8) is 0 Å². The van der Waals surface area contributed by atoms with Crippen molar-refractivity contribution in [3.05, 3.63) is 12.4 Å². The molecule has 0 radical (unpaired) electrons. The van der Waals surface area contributed by atoms with Crippen LogP contribution in [0.3, 0.4) is 0 Å². The van der Waals surface area contributed by atoms with E-state index in [2.05, 4.69) is 36.2 Å². The number of nitrogens with zero attached hydrogens (tertiary/aromatic N) is 2. The van der Waals surface area contributed by atoms with Gasteiger partial charge in [0.05, 0.1) is 6.67 Å². The van der Waals surface area contributed by atoms with Crippen LogP contribution in [0.1, 0.15) is 58.3 Å². The minimum atomic E-state index is -6.60. The SMILES string of the molecule is CCCCCCCCCCN1C=CN(C)C1.O=S(=O)(NS(=O)(=O)C(F)(F)F)C(F)(F)F. The Labute approximate surface area is 179 Å². The Kier molecular flexibility index (Phi) is 12.2. The van der Waals surface area contributed by atoms with Crippen LogP contribution < -0.4 is 4.13 Å². The van der Waals surface area contributed by atoms with Gasteiger partial charge in [0.25, 0.3) is 0 Å². The predicted octanol–water partition coefficient (Wildman–Crippen LogP) is 4.08. The van der Waals surface area contributed by atoms with E-state index < -0.39 is 35.2 Å². The summed E-state index contributed by atoms with van der Waals surface area (Å²) in [7, 11) is -11.1. The highest BCUT2D eigenvalue weighted by Crippen LogP contribution is 2.27. The summed E-state index contributed by atoms with van der Waals surface area (Å²) in [5.74, 6) is 0. The molecule has 0 aromatic carbocycles. The van der Waals surface area contributed by atoms with Crippen molar-refractivity contribution >= 4 is 20.0 Å². The van der Waals surface area contributed by atoms with Crippen molar-refractivity contribution in [1.29, 1.82) is 0 Å². The number of alkyl halides is 6. The molecule has 0 spiro atoms. The molecule has 0 unspecified atom stereocenters. The summed E-state index contributed by atoms with van der Waals surface area (Å²) in [6, 6.07) is 0. The van der Waals surface area contributed by atoms with Crippen molar-refractivity contribution in [2.24, 2.45) is 0 Å². The van der Waals surface area contributed by atoms with Gasteiger partial charge in [0.1, 0.15) is 0 Å². The molecule has 1 heterocycles. The third kappa shape index (κ3) is 11.8. The van der Waals surface area contributed by atoms with Crippen molar-refractivity contribution < 1.29 is 43.2 Å². The van der Waals surface area contributed by atoms with Crippen LogP contribution >= 0.6 is 0 Å². The second kappa shape index (κ2) is 12.7. The third-order valence-electron chi connectivity index (χ3n) is 4.06. The Bertz CT molecular complexity index is 710. The van der Waals surface area contributed by atoms with Crippen molar-refractivity contribution in [2.75, 3.05) is 20.3 Å². The molecule has 1 aliphatic heterocycles. The van der Waals surface area contributed by atoms with Crippen molar-refractivity contribution in [3.8, 4) is 0 Å². The molecule has 186 valence electrons. The minimum Gasteiger partial charge on any atom is -0.362 e. The second-order valence-corrected chi connectivity index (χ2v) is 10.6. The van der Waals surface area contributed by atoms with Crippen LogP contribution in [0.15, 0.2) is 12.4 Å². The summed E-state index contributed by atoms with van der Waals surface area (Å²) in [4.78, 5) is 4.63. The number of unbranched alkanes of at least 4 members (excludes halogenated alkanes) is 7. The van der Waals surface area contributed by atoms with Gasteiger partial charge in [-0.3, -0.25) is 0 Å². The molecule has 0 fully saturated rings. The Hall–Kier alpha value is -1.22. The van der Waals surface area contributed by atoms with Gasteiger partial charge in [0, 0.05) is 26.0 Å². The van der Waals surface area contributed by atoms with Gasteiger partial charge in [-0.25, -0.2) is 16.8 Å². The smallest absolute Gasteiger partial charge is 0.362 e. The molecule has 0 aromatic heterocycles. The fourth-order valence-electron chi connectivity index (χ4n) is 2.42. The molecule has 0 saturated heterocycles. The molecule has 0 saturated carbocycles. The zero-order valence-corrected chi connectivity index (χ0v) is 19.0. The second-order valence-electron chi connectivity index (χ2n) is 6.97. The number of sulfonamides is 2. The van der Waals surface area contributed by atoms with E-state index in [0.717, 1.165) is 6.67 Å². The highest BCUT2D eigenvalue weighted by Gasteiger charge is 2.55. The number of nitrogens with one attached hydrogen (secondary N) is 1. The van der Waals surface area contributed by atoms with E-state index >= 15 is 0 Å². The molecule has 0 amide bonds. The molecule has 7 nitrogen and oxygen atoms in total. The normalized spacial score (nSPS) is 15.2. The standard InChI is InChI=1S/C14H28N2.C2HF6NO4S2/c1-3-4-5-6-7-8-9-10-11-16-13-12-15(2)14-16;3-1(4,5)14(10,11)9-15(12,13)2(6,7)8/h12-13H,3-11,14H2,1-2H3;9H. The first-order valence-corrected chi connectivity index (χ1v) is 12.5. The lowest BCUT2D eigenvalue weighted by atomic mass is 10.1. The lowest BCUT2D eigenvalue weighted by Crippen LogP contribution is -2.45. The molecule has 15 heteroatoms. The van der Waals surface area contributed by atoms with Crippen LogP contribution in [0.2, 0.25) is 0 Å². The molecule has 1 aliphatic rings. The molecule has 31 heavy (non-hydrogen) atoms. The van der Waals surface area contributed by atoms with E-state index in [-0.39, 0.29) is 0 Å². The van der Waals surface area contributed by atoms with E-state index in [4.69, 9.17) is 0 Å². The van der Waals surface area contributed by atoms with Gasteiger partial charge in [0.2, 0.25) is 0 Å². The van der Waals surface area contributed by atoms with Gasteiger partial charge in [-0.2, -0.15) is 26.3 Å². The molecular formula is C16H29F6N3O4S2. The lowest BCUT2D eigenvalue weighted by molar-refractivity contribution is -0.0476. The summed E-state index contributed by atoms with van der Waals surface area (Å²) < 4.78 is 108. The molecule has 0 atom stereocenters. The van der Waals surface area contributed by atoms with Gasteiger partial charge in [-0.05, 0) is 6.42 Å². The van der Waals surface area contributed by atoms with E-state index in [9.17, 15) is 43.2 Å². The predicted molar refractivity (Wildman–Crippen MR) is 104 cm³/mol. The van der Waals surface area contributed by atoms with E-state index in [1.807, 2.05) is 0 Å². The summed E-state index contributed by atoms with van der Waals surface area (Å²) in [6.45, 7) is 4.59. The van der Waals surface area contributed by atoms with E-state index in [1.54, 1.807) is 0 Å². The van der Waals surface area contributed by atoms with E-state index in [0.29, 0.717) is 0 Å². The van der Waals surface area contributed by atoms with Gasteiger partial charge in [-0.15, -0.1) is 0 Å². The average Bonchev–Trinajstić information content (AvgIpc) is 3.00. The zero-order chi connectivity index (χ0) is 24.3. The van der Waals surface area contributed by atoms with Crippen LogP contribution in [-0.4, -0.2) is 57.9 Å². The lowest BCUT2D eigenvalue weighted by Gasteiger charge is -2.17. The van der Waals surface area contributed by atoms with Gasteiger partial charge < -0.3 is 9.80 Å². The number of rotatable bonds is 11. The molecular weight excluding hydrogens is 476 g/mol. The molecule has 1 rings (SSSR count). The fourth-order valence-corrected chi connectivity index (χ4v) is 4.33. The summed E-state index contributed by atoms with van der Waals surface area (Å²) in [5, 5.41) is 0. The minimum absolute atomic E-state index is 0.493. The number of hydrogen-bond donors (Lipinski definition) is 1. The first-order valence-electron chi connectivity index (χ1n) is 9.57. The maximum Gasteiger partial charge on any atom is 0.512 e. The van der Waals surface area contributed by atoms with Crippen molar-refractivity contribution in [2.45, 2.75) is 69.3 Å². The topological polar surface area (TPSA) is 86.8 Å². The fraction of sp³-hybridized carbons (Fsp3) is 0.875.